The van der Waals surface area contributed by atoms with E-state index in [9.17, 15) is 14.7 Å². The number of carboxylic acid groups (broad SMARTS) is 1. The van der Waals surface area contributed by atoms with Crippen LogP contribution in [0, 0.1) is 13.8 Å². The normalized spacial score (nSPS) is 11.1. The van der Waals surface area contributed by atoms with E-state index in [0.717, 1.165) is 86.6 Å². The van der Waals surface area contributed by atoms with Crippen LogP contribution in [0.15, 0.2) is 173 Å². The first kappa shape index (κ1) is 52.7. The van der Waals surface area contributed by atoms with Gasteiger partial charge in [-0.2, -0.15) is 0 Å². The van der Waals surface area contributed by atoms with Crippen molar-refractivity contribution >= 4 is 12.1 Å². The highest BCUT2D eigenvalue weighted by Gasteiger charge is 2.17. The number of para-hydroxylation sites is 1. The van der Waals surface area contributed by atoms with E-state index in [1.165, 1.54) is 0 Å². The van der Waals surface area contributed by atoms with Crippen LogP contribution in [0.4, 0.5) is 4.79 Å². The Labute approximate surface area is 427 Å². The van der Waals surface area contributed by atoms with Crippen LogP contribution in [0.1, 0.15) is 60.4 Å². The highest BCUT2D eigenvalue weighted by molar-refractivity contribution is 5.69. The lowest BCUT2D eigenvalue weighted by Crippen LogP contribution is -2.33. The largest absolute Gasteiger partial charge is 0.493 e. The van der Waals surface area contributed by atoms with Crippen molar-refractivity contribution in [3.8, 4) is 45.9 Å². The zero-order valence-corrected chi connectivity index (χ0v) is 42.2. The van der Waals surface area contributed by atoms with Gasteiger partial charge in [0.15, 0.2) is 0 Å². The molecule has 0 saturated carbocycles. The van der Waals surface area contributed by atoms with Crippen LogP contribution in [-0.2, 0) is 41.8 Å². The number of carboxylic acids is 1. The molecule has 0 saturated heterocycles. The van der Waals surface area contributed by atoms with Crippen LogP contribution in [-0.4, -0.2) is 70.5 Å². The summed E-state index contributed by atoms with van der Waals surface area (Å²) in [5.41, 5.74) is 6.49. The molecule has 0 fully saturated rings. The van der Waals surface area contributed by atoms with E-state index in [1.54, 1.807) is 0 Å². The van der Waals surface area contributed by atoms with Gasteiger partial charge in [0.05, 0.1) is 31.1 Å². The van der Waals surface area contributed by atoms with E-state index in [2.05, 4.69) is 15.3 Å². The Balaban J connectivity index is 0.000000224. The Kier molecular flexibility index (Phi) is 19.0. The molecular formula is C60H64N4O9. The van der Waals surface area contributed by atoms with Gasteiger partial charge >= 0.3 is 12.1 Å². The maximum absolute atomic E-state index is 11.7. The molecular weight excluding hydrogens is 921 g/mol. The third-order valence-corrected chi connectivity index (χ3v) is 11.4. The van der Waals surface area contributed by atoms with Crippen molar-refractivity contribution < 1.29 is 42.5 Å². The second-order valence-electron chi connectivity index (χ2n) is 18.4. The molecule has 0 aliphatic heterocycles. The minimum atomic E-state index is -0.846. The average molecular weight is 985 g/mol. The fraction of sp³-hybridized carbons (Fsp3) is 0.267. The number of rotatable bonds is 22. The quantitative estimate of drug-likeness (QED) is 0.0663. The number of ether oxygens (including phenoxy) is 4. The first-order chi connectivity index (χ1) is 35.3. The molecule has 0 aliphatic rings. The molecule has 2 aromatic heterocycles. The minimum Gasteiger partial charge on any atom is -0.493 e. The third kappa shape index (κ3) is 17.6. The number of nitrogens with zero attached hydrogens (tertiary/aromatic N) is 3. The summed E-state index contributed by atoms with van der Waals surface area (Å²) in [5, 5.41) is 12.2. The number of hydrogen-bond donors (Lipinski definition) is 2. The molecule has 2 heterocycles. The molecule has 0 radical (unpaired) electrons. The maximum Gasteiger partial charge on any atom is 0.407 e. The van der Waals surface area contributed by atoms with E-state index in [1.807, 2.05) is 203 Å². The van der Waals surface area contributed by atoms with E-state index in [0.29, 0.717) is 57.5 Å². The van der Waals surface area contributed by atoms with E-state index >= 15 is 0 Å². The number of alkyl carbamates (subject to hydrolysis) is 1. The Morgan fingerprint density at radius 1 is 0.562 bits per heavy atom. The van der Waals surface area contributed by atoms with Crippen molar-refractivity contribution in [1.29, 1.82) is 0 Å². The zero-order chi connectivity index (χ0) is 51.4. The molecule has 13 nitrogen and oxygen atoms in total. The lowest BCUT2D eigenvalue weighted by Gasteiger charge is -2.20. The van der Waals surface area contributed by atoms with E-state index in [4.69, 9.17) is 27.8 Å². The van der Waals surface area contributed by atoms with Crippen molar-refractivity contribution in [2.24, 2.45) is 0 Å². The topological polar surface area (TPSA) is 159 Å². The van der Waals surface area contributed by atoms with Crippen molar-refractivity contribution in [2.45, 2.75) is 72.4 Å². The van der Waals surface area contributed by atoms with Gasteiger partial charge in [-0.3, -0.25) is 9.69 Å². The van der Waals surface area contributed by atoms with Gasteiger partial charge in [-0.25, -0.2) is 14.8 Å². The minimum absolute atomic E-state index is 0.0308. The Hall–Kier alpha value is -8.16. The van der Waals surface area contributed by atoms with Crippen LogP contribution in [0.2, 0.25) is 0 Å². The van der Waals surface area contributed by atoms with Gasteiger partial charge in [0.1, 0.15) is 40.1 Å². The fourth-order valence-corrected chi connectivity index (χ4v) is 7.63. The smallest absolute Gasteiger partial charge is 0.407 e. The SMILES string of the molecule is Cc1oc(-c2ccccc2)nc1CCOc1ccc(CCN(CC(=O)O)Cc2ccc(Oc3ccccc3)cc2)cc1.Cc1oc(-c2ccccc2)nc1CCOc1ccc(CCNC(=O)OC(C)(C)C)cc1. The van der Waals surface area contributed by atoms with Gasteiger partial charge < -0.3 is 38.2 Å². The zero-order valence-electron chi connectivity index (χ0n) is 42.2. The van der Waals surface area contributed by atoms with Crippen LogP contribution in [0.25, 0.3) is 22.9 Å². The number of carbonyl (C=O) groups is 2. The van der Waals surface area contributed by atoms with Gasteiger partial charge in [0.25, 0.3) is 0 Å². The molecule has 1 amide bonds. The van der Waals surface area contributed by atoms with Crippen molar-refractivity contribution in [1.82, 2.24) is 20.2 Å². The molecule has 0 aliphatic carbocycles. The average Bonchev–Trinajstić information content (AvgIpc) is 3.95. The molecule has 378 valence electrons. The second kappa shape index (κ2) is 26.3. The summed E-state index contributed by atoms with van der Waals surface area (Å²) >= 11 is 0. The number of amides is 1. The van der Waals surface area contributed by atoms with Gasteiger partial charge in [-0.15, -0.1) is 0 Å². The first-order valence-electron chi connectivity index (χ1n) is 24.5. The Morgan fingerprint density at radius 3 is 1.48 bits per heavy atom. The predicted molar refractivity (Wildman–Crippen MR) is 282 cm³/mol. The summed E-state index contributed by atoms with van der Waals surface area (Å²) < 4.78 is 34.5. The summed E-state index contributed by atoms with van der Waals surface area (Å²) in [6.07, 6.45) is 2.37. The molecule has 13 heteroatoms. The fourth-order valence-electron chi connectivity index (χ4n) is 7.63. The molecule has 0 unspecified atom stereocenters. The number of nitrogens with one attached hydrogen (secondary N) is 1. The van der Waals surface area contributed by atoms with Gasteiger partial charge in [0.2, 0.25) is 11.8 Å². The highest BCUT2D eigenvalue weighted by Crippen LogP contribution is 2.25. The van der Waals surface area contributed by atoms with Crippen LogP contribution in [0.5, 0.6) is 23.0 Å². The van der Waals surface area contributed by atoms with Gasteiger partial charge in [-0.1, -0.05) is 91.0 Å². The predicted octanol–water partition coefficient (Wildman–Crippen LogP) is 12.5. The third-order valence-electron chi connectivity index (χ3n) is 11.4. The molecule has 8 rings (SSSR count). The second-order valence-corrected chi connectivity index (χ2v) is 18.4. The van der Waals surface area contributed by atoms with E-state index in [-0.39, 0.29) is 6.54 Å². The molecule has 0 spiro atoms. The molecule has 8 aromatic rings. The lowest BCUT2D eigenvalue weighted by molar-refractivity contribution is -0.138. The number of carbonyl (C=O) groups excluding carboxylic acids is 1. The number of aromatic nitrogens is 2. The van der Waals surface area contributed by atoms with Crippen LogP contribution < -0.4 is 19.5 Å². The Morgan fingerprint density at radius 2 is 1.00 bits per heavy atom. The highest BCUT2D eigenvalue weighted by atomic mass is 16.6. The van der Waals surface area contributed by atoms with Crippen molar-refractivity contribution in [2.75, 3.05) is 32.8 Å². The standard InChI is InChI=1S/C35H34N2O5.C25H30N2O4/c1-26-33(36-35(41-26)29-8-4-2-5-9-29)21-23-40-30-16-12-27(13-17-30)20-22-37(25-34(38)39)24-28-14-18-32(19-15-28)42-31-10-6-3-7-11-31;1-18-22(27-23(30-18)20-8-6-5-7-9-20)15-17-29-21-12-10-19(11-13-21)14-16-26-24(28)31-25(2,3)4/h2-19H,20-25H2,1H3,(H,38,39);5-13H,14-17H2,1-4H3,(H,26,28). The summed E-state index contributed by atoms with van der Waals surface area (Å²) in [6, 6.07) is 52.9. The summed E-state index contributed by atoms with van der Waals surface area (Å²) in [7, 11) is 0. The number of aliphatic carboxylic acids is 1. The summed E-state index contributed by atoms with van der Waals surface area (Å²) in [4.78, 5) is 34.4. The monoisotopic (exact) mass is 984 g/mol. The first-order valence-corrected chi connectivity index (χ1v) is 24.5. The van der Waals surface area contributed by atoms with Crippen LogP contribution >= 0.6 is 0 Å². The molecule has 0 atom stereocenters. The van der Waals surface area contributed by atoms with Gasteiger partial charge in [-0.05, 0) is 137 Å². The number of benzene rings is 6. The summed E-state index contributed by atoms with van der Waals surface area (Å²) in [6.45, 7) is 12.0. The molecule has 2 N–H and O–H groups in total. The molecule has 6 aromatic carbocycles. The number of hydrogen-bond acceptors (Lipinski definition) is 11. The van der Waals surface area contributed by atoms with Crippen molar-refractivity contribution in [3.63, 3.8) is 0 Å². The molecule has 73 heavy (non-hydrogen) atoms. The molecule has 0 bridgehead atoms. The van der Waals surface area contributed by atoms with Crippen LogP contribution in [0.3, 0.4) is 0 Å². The lowest BCUT2D eigenvalue weighted by atomic mass is 10.1. The summed E-state index contributed by atoms with van der Waals surface area (Å²) in [5.74, 6) is 5.13. The van der Waals surface area contributed by atoms with E-state index < -0.39 is 17.7 Å². The van der Waals surface area contributed by atoms with Crippen molar-refractivity contribution in [3.05, 3.63) is 203 Å². The number of aryl methyl sites for hydroxylation is 2. The number of oxazole rings is 2. The van der Waals surface area contributed by atoms with Gasteiger partial charge in [0, 0.05) is 43.6 Å². The Bertz CT molecular complexity index is 2920. The maximum atomic E-state index is 11.7.